The Morgan fingerprint density at radius 1 is 1.42 bits per heavy atom. The van der Waals surface area contributed by atoms with Crippen LogP contribution in [0.3, 0.4) is 0 Å². The number of hydrogen-bond acceptors (Lipinski definition) is 3. The number of ether oxygens (including phenoxy) is 1. The zero-order valence-corrected chi connectivity index (χ0v) is 12.1. The van der Waals surface area contributed by atoms with E-state index in [1.165, 1.54) is 17.5 Å². The predicted molar refractivity (Wildman–Crippen MR) is 77.8 cm³/mol. The number of hydrogen-bond donors (Lipinski definition) is 2. The second kappa shape index (κ2) is 6.40. The van der Waals surface area contributed by atoms with Gasteiger partial charge in [-0.2, -0.15) is 0 Å². The molecule has 0 saturated carbocycles. The first-order valence-corrected chi connectivity index (χ1v) is 7.20. The molecule has 1 fully saturated rings. The minimum atomic E-state index is -0.295. The van der Waals surface area contributed by atoms with Crippen LogP contribution < -0.4 is 10.1 Å². The quantitative estimate of drug-likeness (QED) is 0.857. The second-order valence-corrected chi connectivity index (χ2v) is 5.71. The fraction of sp³-hybridized carbons (Fsp3) is 0.625. The monoisotopic (exact) mass is 263 g/mol. The lowest BCUT2D eigenvalue weighted by atomic mass is 9.95. The Kier molecular flexibility index (Phi) is 4.83. The van der Waals surface area contributed by atoms with E-state index in [1.807, 2.05) is 6.07 Å². The van der Waals surface area contributed by atoms with Crippen LogP contribution in [0.2, 0.25) is 0 Å². The molecule has 19 heavy (non-hydrogen) atoms. The van der Waals surface area contributed by atoms with Gasteiger partial charge in [0.2, 0.25) is 0 Å². The lowest BCUT2D eigenvalue weighted by molar-refractivity contribution is 0.136. The van der Waals surface area contributed by atoms with Gasteiger partial charge < -0.3 is 15.2 Å². The van der Waals surface area contributed by atoms with Crippen molar-refractivity contribution in [3.8, 4) is 5.75 Å². The molecule has 0 amide bonds. The molecular formula is C16H25NO2. The average molecular weight is 263 g/mol. The molecule has 1 aliphatic heterocycles. The van der Waals surface area contributed by atoms with Crippen LogP contribution in [0, 0.1) is 0 Å². The summed E-state index contributed by atoms with van der Waals surface area (Å²) in [5.74, 6) is 1.36. The van der Waals surface area contributed by atoms with E-state index in [1.54, 1.807) is 7.11 Å². The van der Waals surface area contributed by atoms with Gasteiger partial charge in [-0.1, -0.05) is 26.0 Å². The van der Waals surface area contributed by atoms with Crippen molar-refractivity contribution >= 4 is 0 Å². The molecule has 1 saturated heterocycles. The van der Waals surface area contributed by atoms with E-state index in [-0.39, 0.29) is 12.1 Å². The van der Waals surface area contributed by atoms with E-state index in [9.17, 15) is 5.11 Å². The molecular weight excluding hydrogens is 238 g/mol. The number of rotatable bonds is 5. The molecule has 3 nitrogen and oxygen atoms in total. The Labute approximate surface area is 116 Å². The third kappa shape index (κ3) is 3.48. The molecule has 0 aliphatic carbocycles. The number of nitrogens with one attached hydrogen (secondary N) is 1. The second-order valence-electron chi connectivity index (χ2n) is 5.71. The summed E-state index contributed by atoms with van der Waals surface area (Å²) in [6.07, 6.45) is 2.66. The fourth-order valence-corrected chi connectivity index (χ4v) is 2.79. The first-order valence-electron chi connectivity index (χ1n) is 7.20. The van der Waals surface area contributed by atoms with Gasteiger partial charge in [0.25, 0.3) is 0 Å². The Morgan fingerprint density at radius 2 is 2.21 bits per heavy atom. The van der Waals surface area contributed by atoms with E-state index in [2.05, 4.69) is 31.3 Å². The van der Waals surface area contributed by atoms with Crippen molar-refractivity contribution in [1.29, 1.82) is 0 Å². The number of aliphatic hydroxyl groups is 1. The highest BCUT2D eigenvalue weighted by molar-refractivity contribution is 5.39. The van der Waals surface area contributed by atoms with Crippen molar-refractivity contribution in [2.24, 2.45) is 0 Å². The average Bonchev–Trinajstić information content (AvgIpc) is 2.92. The van der Waals surface area contributed by atoms with Gasteiger partial charge in [-0.05, 0) is 48.9 Å². The van der Waals surface area contributed by atoms with Gasteiger partial charge in [0.1, 0.15) is 5.75 Å². The number of benzene rings is 1. The minimum absolute atomic E-state index is 0.254. The largest absolute Gasteiger partial charge is 0.496 e. The minimum Gasteiger partial charge on any atom is -0.496 e. The highest BCUT2D eigenvalue weighted by atomic mass is 16.5. The molecule has 1 heterocycles. The topological polar surface area (TPSA) is 41.5 Å². The van der Waals surface area contributed by atoms with Crippen molar-refractivity contribution in [3.63, 3.8) is 0 Å². The molecule has 2 unspecified atom stereocenters. The third-order valence-corrected chi connectivity index (χ3v) is 3.92. The van der Waals surface area contributed by atoms with Crippen LogP contribution in [0.5, 0.6) is 5.75 Å². The first-order chi connectivity index (χ1) is 9.11. The Balaban J connectivity index is 2.09. The van der Waals surface area contributed by atoms with Crippen LogP contribution in [-0.2, 0) is 6.42 Å². The lowest BCUT2D eigenvalue weighted by Gasteiger charge is -2.19. The normalized spacial score (nSPS) is 20.8. The summed E-state index contributed by atoms with van der Waals surface area (Å²) in [7, 11) is 1.71. The van der Waals surface area contributed by atoms with E-state index >= 15 is 0 Å². The summed E-state index contributed by atoms with van der Waals surface area (Å²) < 4.78 is 5.39. The molecule has 1 aromatic carbocycles. The summed E-state index contributed by atoms with van der Waals surface area (Å²) in [4.78, 5) is 0. The standard InChI is InChI=1S/C16H25NO2/c1-11(2)13-9-12(6-7-16(13)19-3)10-15(18)14-5-4-8-17-14/h6-7,9,11,14-15,17-18H,4-5,8,10H2,1-3H3. The maximum Gasteiger partial charge on any atom is 0.122 e. The molecule has 1 aromatic rings. The zero-order valence-electron chi connectivity index (χ0n) is 12.1. The van der Waals surface area contributed by atoms with Crippen molar-refractivity contribution in [1.82, 2.24) is 5.32 Å². The van der Waals surface area contributed by atoms with E-state index in [0.717, 1.165) is 18.7 Å². The Bertz CT molecular complexity index is 411. The van der Waals surface area contributed by atoms with Crippen LogP contribution in [0.1, 0.15) is 43.7 Å². The summed E-state index contributed by atoms with van der Waals surface area (Å²) in [5.41, 5.74) is 2.40. The molecule has 106 valence electrons. The van der Waals surface area contributed by atoms with Gasteiger partial charge in [0, 0.05) is 6.04 Å². The lowest BCUT2D eigenvalue weighted by Crippen LogP contribution is -2.36. The molecule has 0 spiro atoms. The van der Waals surface area contributed by atoms with Gasteiger partial charge in [-0.15, -0.1) is 0 Å². The highest BCUT2D eigenvalue weighted by Gasteiger charge is 2.23. The summed E-state index contributed by atoms with van der Waals surface area (Å²) >= 11 is 0. The maximum atomic E-state index is 10.3. The molecule has 0 aromatic heterocycles. The number of aliphatic hydroxyl groups excluding tert-OH is 1. The molecule has 3 heteroatoms. The predicted octanol–water partition coefficient (Wildman–Crippen LogP) is 2.47. The first kappa shape index (κ1) is 14.4. The van der Waals surface area contributed by atoms with E-state index in [4.69, 9.17) is 4.74 Å². The van der Waals surface area contributed by atoms with Gasteiger partial charge in [-0.25, -0.2) is 0 Å². The van der Waals surface area contributed by atoms with Crippen LogP contribution in [0.4, 0.5) is 0 Å². The molecule has 0 bridgehead atoms. The summed E-state index contributed by atoms with van der Waals surface area (Å²) in [5, 5.41) is 13.6. The molecule has 1 aliphatic rings. The van der Waals surface area contributed by atoms with Gasteiger partial charge in [0.15, 0.2) is 0 Å². The smallest absolute Gasteiger partial charge is 0.122 e. The summed E-state index contributed by atoms with van der Waals surface area (Å²) in [6, 6.07) is 6.49. The van der Waals surface area contributed by atoms with Crippen molar-refractivity contribution in [3.05, 3.63) is 29.3 Å². The van der Waals surface area contributed by atoms with E-state index in [0.29, 0.717) is 12.3 Å². The highest BCUT2D eigenvalue weighted by Crippen LogP contribution is 2.28. The summed E-state index contributed by atoms with van der Waals surface area (Å²) in [6.45, 7) is 5.36. The zero-order chi connectivity index (χ0) is 13.8. The van der Waals surface area contributed by atoms with Gasteiger partial charge >= 0.3 is 0 Å². The Morgan fingerprint density at radius 3 is 2.79 bits per heavy atom. The fourth-order valence-electron chi connectivity index (χ4n) is 2.79. The Hall–Kier alpha value is -1.06. The SMILES string of the molecule is COc1ccc(CC(O)C2CCCN2)cc1C(C)C. The van der Waals surface area contributed by atoms with Gasteiger partial charge in [0.05, 0.1) is 13.2 Å². The number of methoxy groups -OCH3 is 1. The van der Waals surface area contributed by atoms with E-state index < -0.39 is 0 Å². The van der Waals surface area contributed by atoms with Crippen LogP contribution >= 0.6 is 0 Å². The molecule has 2 rings (SSSR count). The molecule has 2 atom stereocenters. The van der Waals surface area contributed by atoms with Crippen molar-refractivity contribution in [2.75, 3.05) is 13.7 Å². The van der Waals surface area contributed by atoms with Crippen LogP contribution in [-0.4, -0.2) is 30.9 Å². The van der Waals surface area contributed by atoms with Crippen LogP contribution in [0.25, 0.3) is 0 Å². The van der Waals surface area contributed by atoms with Gasteiger partial charge in [-0.3, -0.25) is 0 Å². The maximum absolute atomic E-state index is 10.3. The third-order valence-electron chi connectivity index (χ3n) is 3.92. The van der Waals surface area contributed by atoms with Crippen molar-refractivity contribution < 1.29 is 9.84 Å². The van der Waals surface area contributed by atoms with Crippen LogP contribution in [0.15, 0.2) is 18.2 Å². The molecule has 2 N–H and O–H groups in total. The molecule has 0 radical (unpaired) electrons. The van der Waals surface area contributed by atoms with Crippen molar-refractivity contribution in [2.45, 2.75) is 51.2 Å².